The standard InChI is InChI=1S/C23H30N5O3/c1-22(30)9-5-4-6-15(13-22)28-14-19(26-27(3)21(28)29)20-17-12-16(31-23(2)10-11-23)7-8-18(17)24-25-20/h7-8,12,14-15,30H,4-6,9-11,13H2,1-3H3,(H,24,25)/q+1. The molecule has 2 fully saturated rings. The van der Waals surface area contributed by atoms with Gasteiger partial charge in [-0.2, -0.15) is 14.5 Å². The van der Waals surface area contributed by atoms with Crippen molar-refractivity contribution in [2.75, 3.05) is 0 Å². The van der Waals surface area contributed by atoms with Gasteiger partial charge < -0.3 is 9.84 Å². The van der Waals surface area contributed by atoms with Crippen molar-refractivity contribution in [1.82, 2.24) is 20.0 Å². The van der Waals surface area contributed by atoms with Crippen LogP contribution in [0.15, 0.2) is 29.2 Å². The first-order chi connectivity index (χ1) is 14.7. The second-order valence-electron chi connectivity index (χ2n) is 9.76. The molecule has 2 saturated carbocycles. The maximum absolute atomic E-state index is 12.9. The Morgan fingerprint density at radius 2 is 2.06 bits per heavy atom. The minimum atomic E-state index is -0.771. The summed E-state index contributed by atoms with van der Waals surface area (Å²) >= 11 is 0. The number of hydrogen-bond acceptors (Lipinski definition) is 5. The summed E-state index contributed by atoms with van der Waals surface area (Å²) in [6, 6.07) is 5.84. The van der Waals surface area contributed by atoms with E-state index in [1.165, 1.54) is 4.68 Å². The van der Waals surface area contributed by atoms with Crippen molar-refractivity contribution in [3.05, 3.63) is 34.9 Å². The van der Waals surface area contributed by atoms with Crippen molar-refractivity contribution >= 4 is 10.9 Å². The van der Waals surface area contributed by atoms with Crippen LogP contribution in [-0.4, -0.2) is 36.3 Å². The molecule has 2 aliphatic rings. The highest BCUT2D eigenvalue weighted by Crippen LogP contribution is 2.40. The molecule has 0 aliphatic heterocycles. The summed E-state index contributed by atoms with van der Waals surface area (Å²) < 4.78 is 9.22. The molecule has 2 aromatic heterocycles. The highest BCUT2D eigenvalue weighted by molar-refractivity contribution is 5.92. The van der Waals surface area contributed by atoms with E-state index in [0.717, 1.165) is 55.2 Å². The number of aliphatic hydroxyl groups is 1. The first-order valence-corrected chi connectivity index (χ1v) is 11.1. The van der Waals surface area contributed by atoms with Crippen LogP contribution in [-0.2, 0) is 7.05 Å². The van der Waals surface area contributed by atoms with E-state index >= 15 is 0 Å². The molecule has 0 amide bonds. The summed E-state index contributed by atoms with van der Waals surface area (Å²) in [6.07, 6.45) is 8.04. The number of benzene rings is 1. The lowest BCUT2D eigenvalue weighted by Crippen LogP contribution is -2.58. The monoisotopic (exact) mass is 424 g/mol. The van der Waals surface area contributed by atoms with Crippen LogP contribution in [0.5, 0.6) is 5.75 Å². The number of nitrogens with zero attached hydrogens (tertiary/aromatic N) is 4. The molecule has 31 heavy (non-hydrogen) atoms. The highest BCUT2D eigenvalue weighted by atomic mass is 16.5. The Hall–Kier alpha value is -2.74. The van der Waals surface area contributed by atoms with Gasteiger partial charge >= 0.3 is 5.69 Å². The van der Waals surface area contributed by atoms with E-state index in [4.69, 9.17) is 4.74 Å². The number of H-pyrrole nitrogens is 1. The fourth-order valence-electron chi connectivity index (χ4n) is 4.60. The molecule has 1 aromatic carbocycles. The quantitative estimate of drug-likeness (QED) is 0.496. The molecule has 8 nitrogen and oxygen atoms in total. The first-order valence-electron chi connectivity index (χ1n) is 11.1. The number of aryl methyl sites for hydroxylation is 1. The van der Waals surface area contributed by atoms with Crippen LogP contribution >= 0.6 is 0 Å². The van der Waals surface area contributed by atoms with Crippen LogP contribution in [0.1, 0.15) is 64.8 Å². The third-order valence-electron chi connectivity index (χ3n) is 6.68. The number of hydrogen-bond donors (Lipinski definition) is 2. The molecular formula is C23H30N5O3+. The number of nitrogens with one attached hydrogen (secondary N) is 1. The van der Waals surface area contributed by atoms with E-state index in [1.54, 1.807) is 17.8 Å². The van der Waals surface area contributed by atoms with Crippen molar-refractivity contribution in [2.45, 2.75) is 76.0 Å². The van der Waals surface area contributed by atoms with Crippen LogP contribution in [0.3, 0.4) is 0 Å². The van der Waals surface area contributed by atoms with Crippen LogP contribution in [0.2, 0.25) is 0 Å². The van der Waals surface area contributed by atoms with E-state index in [0.29, 0.717) is 17.8 Å². The molecule has 0 bridgehead atoms. The zero-order valence-corrected chi connectivity index (χ0v) is 18.4. The van der Waals surface area contributed by atoms with E-state index in [1.807, 2.05) is 25.1 Å². The Labute approximate surface area is 180 Å². The van der Waals surface area contributed by atoms with E-state index in [9.17, 15) is 9.90 Å². The maximum Gasteiger partial charge on any atom is 0.518 e. The van der Waals surface area contributed by atoms with E-state index in [2.05, 4.69) is 22.2 Å². The van der Waals surface area contributed by atoms with Gasteiger partial charge in [0, 0.05) is 11.8 Å². The molecule has 8 heteroatoms. The summed E-state index contributed by atoms with van der Waals surface area (Å²) in [5.41, 5.74) is 1.18. The molecule has 3 aromatic rings. The van der Waals surface area contributed by atoms with Crippen LogP contribution in [0.25, 0.3) is 22.3 Å². The van der Waals surface area contributed by atoms with Gasteiger partial charge in [0.2, 0.25) is 0 Å². The molecule has 2 unspecified atom stereocenters. The Balaban J connectivity index is 1.57. The average molecular weight is 425 g/mol. The Morgan fingerprint density at radius 1 is 1.26 bits per heavy atom. The molecule has 0 radical (unpaired) electrons. The van der Waals surface area contributed by atoms with Crippen molar-refractivity contribution in [3.63, 3.8) is 0 Å². The molecule has 0 saturated heterocycles. The predicted molar refractivity (Wildman–Crippen MR) is 116 cm³/mol. The van der Waals surface area contributed by atoms with E-state index < -0.39 is 5.60 Å². The molecule has 2 atom stereocenters. The van der Waals surface area contributed by atoms with Crippen LogP contribution in [0, 0.1) is 0 Å². The highest BCUT2D eigenvalue weighted by Gasteiger charge is 2.40. The van der Waals surface area contributed by atoms with Gasteiger partial charge in [-0.15, -0.1) is 0 Å². The lowest BCUT2D eigenvalue weighted by atomic mass is 9.95. The van der Waals surface area contributed by atoms with Gasteiger partial charge in [0.1, 0.15) is 36.3 Å². The summed E-state index contributed by atoms with van der Waals surface area (Å²) in [7, 11) is 1.66. The van der Waals surface area contributed by atoms with Crippen molar-refractivity contribution in [3.8, 4) is 17.1 Å². The predicted octanol–water partition coefficient (Wildman–Crippen LogP) is 2.80. The van der Waals surface area contributed by atoms with Crippen molar-refractivity contribution in [1.29, 1.82) is 0 Å². The van der Waals surface area contributed by atoms with E-state index in [-0.39, 0.29) is 17.3 Å². The molecule has 5 rings (SSSR count). The lowest BCUT2D eigenvalue weighted by molar-refractivity contribution is -0.743. The van der Waals surface area contributed by atoms with Gasteiger partial charge in [-0.05, 0) is 64.2 Å². The molecular weight excluding hydrogens is 394 g/mol. The second-order valence-corrected chi connectivity index (χ2v) is 9.76. The second kappa shape index (κ2) is 7.15. The zero-order valence-electron chi connectivity index (χ0n) is 18.4. The lowest BCUT2D eigenvalue weighted by Gasteiger charge is -2.23. The fraction of sp³-hybridized carbons (Fsp3) is 0.565. The van der Waals surface area contributed by atoms with Gasteiger partial charge in [-0.25, -0.2) is 0 Å². The molecule has 2 heterocycles. The first kappa shape index (κ1) is 20.2. The zero-order chi connectivity index (χ0) is 21.8. The topological polar surface area (TPSA) is 96.9 Å². The summed E-state index contributed by atoms with van der Waals surface area (Å²) in [5, 5.41) is 23.7. The van der Waals surface area contributed by atoms with Gasteiger partial charge in [0.25, 0.3) is 0 Å². The Kier molecular flexibility index (Phi) is 4.66. The SMILES string of the molecule is Cn1nc(-c2n[nH]c3ccc(OC4(C)CC4)cc23)c[n+](C2CCCCC(C)(O)C2)c1=O. The number of aromatic amines is 1. The van der Waals surface area contributed by atoms with Gasteiger partial charge in [-0.1, -0.05) is 16.2 Å². The minimum Gasteiger partial charge on any atom is -0.488 e. The molecule has 164 valence electrons. The van der Waals surface area contributed by atoms with Gasteiger partial charge in [0.05, 0.1) is 11.1 Å². The fourth-order valence-corrected chi connectivity index (χ4v) is 4.60. The maximum atomic E-state index is 12.9. The molecule has 2 N–H and O–H groups in total. The van der Waals surface area contributed by atoms with Gasteiger partial charge in [0.15, 0.2) is 5.69 Å². The Morgan fingerprint density at radius 3 is 2.84 bits per heavy atom. The third-order valence-corrected chi connectivity index (χ3v) is 6.68. The van der Waals surface area contributed by atoms with Gasteiger partial charge in [-0.3, -0.25) is 5.10 Å². The molecule has 0 spiro atoms. The molecule has 2 aliphatic carbocycles. The van der Waals surface area contributed by atoms with Crippen molar-refractivity contribution < 1.29 is 14.4 Å². The largest absolute Gasteiger partial charge is 0.518 e. The van der Waals surface area contributed by atoms with Crippen LogP contribution < -0.4 is 15.0 Å². The average Bonchev–Trinajstić information content (AvgIpc) is 3.34. The normalized spacial score (nSPS) is 25.4. The number of rotatable bonds is 4. The minimum absolute atomic E-state index is 0.0636. The summed E-state index contributed by atoms with van der Waals surface area (Å²) in [4.78, 5) is 12.9. The Bertz CT molecular complexity index is 1190. The smallest absolute Gasteiger partial charge is 0.488 e. The van der Waals surface area contributed by atoms with Crippen molar-refractivity contribution in [2.24, 2.45) is 7.05 Å². The summed E-state index contributed by atoms with van der Waals surface area (Å²) in [5.74, 6) is 0.813. The number of aromatic nitrogens is 5. The number of fused-ring (bicyclic) bond motifs is 1. The van der Waals surface area contributed by atoms with Crippen LogP contribution in [0.4, 0.5) is 0 Å². The summed E-state index contributed by atoms with van der Waals surface area (Å²) in [6.45, 7) is 3.98. The third kappa shape index (κ3) is 3.96. The number of ether oxygens (including phenoxy) is 1.